The Morgan fingerprint density at radius 2 is 1.90 bits per heavy atom. The lowest BCUT2D eigenvalue weighted by molar-refractivity contribution is 0.0642. The van der Waals surface area contributed by atoms with Crippen molar-refractivity contribution in [2.45, 2.75) is 0 Å². The predicted molar refractivity (Wildman–Crippen MR) is 124 cm³/mol. The lowest BCUT2D eigenvalue weighted by Gasteiger charge is -2.35. The molecule has 1 aliphatic rings. The molecule has 1 N–H and O–H groups in total. The minimum absolute atomic E-state index is 0.0311. The quantitative estimate of drug-likeness (QED) is 0.539. The van der Waals surface area contributed by atoms with Gasteiger partial charge in [-0.2, -0.15) is 0 Å². The molecule has 0 atom stereocenters. The molecule has 0 radical (unpaired) electrons. The molecule has 0 spiro atoms. The SMILES string of the molecule is COc1ccc(C(=O)N2CCN(CCNc3cc(=O)oc4ccccc34)CC2)cc1Br. The number of hydrogen-bond donors (Lipinski definition) is 1. The Hall–Kier alpha value is -2.84. The summed E-state index contributed by atoms with van der Waals surface area (Å²) < 4.78 is 11.2. The molecule has 1 saturated heterocycles. The van der Waals surface area contributed by atoms with E-state index in [2.05, 4.69) is 26.1 Å². The summed E-state index contributed by atoms with van der Waals surface area (Å²) in [5.41, 5.74) is 1.65. The second kappa shape index (κ2) is 9.53. The van der Waals surface area contributed by atoms with E-state index in [0.29, 0.717) is 36.5 Å². The van der Waals surface area contributed by atoms with Crippen LogP contribution >= 0.6 is 15.9 Å². The highest BCUT2D eigenvalue weighted by Crippen LogP contribution is 2.26. The van der Waals surface area contributed by atoms with Crippen molar-refractivity contribution in [2.75, 3.05) is 51.7 Å². The summed E-state index contributed by atoms with van der Waals surface area (Å²) in [6, 6.07) is 14.4. The van der Waals surface area contributed by atoms with Crippen LogP contribution in [0.2, 0.25) is 0 Å². The van der Waals surface area contributed by atoms with Crippen molar-refractivity contribution in [3.05, 3.63) is 69.0 Å². The monoisotopic (exact) mass is 485 g/mol. The van der Waals surface area contributed by atoms with Crippen LogP contribution in [0.25, 0.3) is 11.0 Å². The van der Waals surface area contributed by atoms with E-state index in [0.717, 1.165) is 35.2 Å². The number of halogens is 1. The topological polar surface area (TPSA) is 75.0 Å². The molecule has 0 saturated carbocycles. The number of anilines is 1. The highest BCUT2D eigenvalue weighted by Gasteiger charge is 2.22. The smallest absolute Gasteiger partial charge is 0.338 e. The van der Waals surface area contributed by atoms with Gasteiger partial charge in [-0.15, -0.1) is 0 Å². The Morgan fingerprint density at radius 1 is 1.13 bits per heavy atom. The Kier molecular flexibility index (Phi) is 6.58. The van der Waals surface area contributed by atoms with Crippen LogP contribution in [-0.2, 0) is 0 Å². The third-order valence-electron chi connectivity index (χ3n) is 5.45. The van der Waals surface area contributed by atoms with Gasteiger partial charge in [0, 0.05) is 56.3 Å². The first kappa shape index (κ1) is 21.4. The van der Waals surface area contributed by atoms with Gasteiger partial charge >= 0.3 is 5.63 Å². The Bertz CT molecular complexity index is 1140. The van der Waals surface area contributed by atoms with Crippen molar-refractivity contribution in [2.24, 2.45) is 0 Å². The van der Waals surface area contributed by atoms with Crippen molar-refractivity contribution in [3.8, 4) is 5.75 Å². The van der Waals surface area contributed by atoms with Gasteiger partial charge in [0.2, 0.25) is 0 Å². The number of nitrogens with zero attached hydrogens (tertiary/aromatic N) is 2. The molecule has 7 nitrogen and oxygen atoms in total. The molecule has 1 fully saturated rings. The summed E-state index contributed by atoms with van der Waals surface area (Å²) in [5.74, 6) is 0.737. The summed E-state index contributed by atoms with van der Waals surface area (Å²) in [6.07, 6.45) is 0. The van der Waals surface area contributed by atoms with Gasteiger partial charge in [-0.3, -0.25) is 9.69 Å². The van der Waals surface area contributed by atoms with Gasteiger partial charge in [0.05, 0.1) is 17.3 Å². The van der Waals surface area contributed by atoms with E-state index in [-0.39, 0.29) is 11.5 Å². The third kappa shape index (κ3) is 4.91. The standard InChI is InChI=1S/C23H24BrN3O4/c1-30-21-7-6-16(14-18(21)24)23(29)27-12-10-26(11-13-27)9-8-25-19-15-22(28)31-20-5-3-2-4-17(19)20/h2-7,14-15,25H,8-13H2,1H3. The number of rotatable bonds is 6. The number of piperazine rings is 1. The highest BCUT2D eigenvalue weighted by atomic mass is 79.9. The minimum atomic E-state index is -0.363. The summed E-state index contributed by atoms with van der Waals surface area (Å²) in [6.45, 7) is 4.50. The zero-order valence-electron chi connectivity index (χ0n) is 17.3. The number of carbonyl (C=O) groups excluding carboxylic acids is 1. The molecule has 1 amide bonds. The van der Waals surface area contributed by atoms with Crippen molar-refractivity contribution in [1.82, 2.24) is 9.80 Å². The molecule has 162 valence electrons. The zero-order valence-corrected chi connectivity index (χ0v) is 18.9. The second-order valence-electron chi connectivity index (χ2n) is 7.39. The van der Waals surface area contributed by atoms with Crippen LogP contribution in [-0.4, -0.2) is 62.1 Å². The lowest BCUT2D eigenvalue weighted by Crippen LogP contribution is -2.49. The van der Waals surface area contributed by atoms with Crippen LogP contribution in [0.15, 0.2) is 62.2 Å². The van der Waals surface area contributed by atoms with Crippen molar-refractivity contribution in [3.63, 3.8) is 0 Å². The van der Waals surface area contributed by atoms with Crippen molar-refractivity contribution < 1.29 is 13.9 Å². The normalized spacial score (nSPS) is 14.6. The fourth-order valence-corrected chi connectivity index (χ4v) is 4.30. The average Bonchev–Trinajstić information content (AvgIpc) is 2.79. The second-order valence-corrected chi connectivity index (χ2v) is 8.24. The summed E-state index contributed by atoms with van der Waals surface area (Å²) in [5, 5.41) is 4.25. The van der Waals surface area contributed by atoms with E-state index in [9.17, 15) is 9.59 Å². The van der Waals surface area contributed by atoms with Crippen LogP contribution in [0, 0.1) is 0 Å². The fraction of sp³-hybridized carbons (Fsp3) is 0.304. The molecule has 0 aliphatic carbocycles. The van der Waals surface area contributed by atoms with E-state index in [1.807, 2.05) is 23.1 Å². The van der Waals surface area contributed by atoms with Crippen LogP contribution in [0.1, 0.15) is 10.4 Å². The number of ether oxygens (including phenoxy) is 1. The van der Waals surface area contributed by atoms with Gasteiger partial charge in [-0.05, 0) is 46.3 Å². The summed E-state index contributed by atoms with van der Waals surface area (Å²) >= 11 is 3.44. The molecule has 31 heavy (non-hydrogen) atoms. The average molecular weight is 486 g/mol. The number of benzene rings is 2. The van der Waals surface area contributed by atoms with E-state index in [4.69, 9.17) is 9.15 Å². The van der Waals surface area contributed by atoms with Crippen LogP contribution < -0.4 is 15.7 Å². The molecule has 0 unspecified atom stereocenters. The predicted octanol–water partition coefficient (Wildman–Crippen LogP) is 3.43. The first-order valence-electron chi connectivity index (χ1n) is 10.2. The van der Waals surface area contributed by atoms with E-state index >= 15 is 0 Å². The molecule has 1 aliphatic heterocycles. The van der Waals surface area contributed by atoms with Gasteiger partial charge in [-0.1, -0.05) is 12.1 Å². The van der Waals surface area contributed by atoms with Gasteiger partial charge in [0.15, 0.2) is 0 Å². The highest BCUT2D eigenvalue weighted by molar-refractivity contribution is 9.10. The Morgan fingerprint density at radius 3 is 2.65 bits per heavy atom. The fourth-order valence-electron chi connectivity index (χ4n) is 3.76. The maximum absolute atomic E-state index is 12.8. The molecule has 0 bridgehead atoms. The third-order valence-corrected chi connectivity index (χ3v) is 6.07. The molecule has 3 aromatic rings. The number of hydrogen-bond acceptors (Lipinski definition) is 6. The number of nitrogens with one attached hydrogen (secondary N) is 1. The van der Waals surface area contributed by atoms with E-state index < -0.39 is 0 Å². The molecule has 8 heteroatoms. The van der Waals surface area contributed by atoms with Gasteiger partial charge in [-0.25, -0.2) is 4.79 Å². The Balaban J connectivity index is 1.29. The largest absolute Gasteiger partial charge is 0.496 e. The zero-order chi connectivity index (χ0) is 21.8. The minimum Gasteiger partial charge on any atom is -0.496 e. The van der Waals surface area contributed by atoms with Gasteiger partial charge in [0.1, 0.15) is 11.3 Å². The first-order chi connectivity index (χ1) is 15.0. The van der Waals surface area contributed by atoms with Crippen LogP contribution in [0.5, 0.6) is 5.75 Å². The number of fused-ring (bicyclic) bond motifs is 1. The van der Waals surface area contributed by atoms with Crippen LogP contribution in [0.4, 0.5) is 5.69 Å². The molecule has 1 aromatic heterocycles. The number of carbonyl (C=O) groups is 1. The molecule has 2 aromatic carbocycles. The van der Waals surface area contributed by atoms with Gasteiger partial charge in [0.25, 0.3) is 5.91 Å². The van der Waals surface area contributed by atoms with Gasteiger partial charge < -0.3 is 19.4 Å². The number of para-hydroxylation sites is 1. The molecular formula is C23H24BrN3O4. The maximum atomic E-state index is 12.8. The molecule has 2 heterocycles. The summed E-state index contributed by atoms with van der Waals surface area (Å²) in [7, 11) is 1.60. The van der Waals surface area contributed by atoms with Crippen LogP contribution in [0.3, 0.4) is 0 Å². The van der Waals surface area contributed by atoms with E-state index in [1.54, 1.807) is 31.4 Å². The molecular weight excluding hydrogens is 462 g/mol. The van der Waals surface area contributed by atoms with Crippen molar-refractivity contribution >= 4 is 38.5 Å². The Labute approximate surface area is 188 Å². The first-order valence-corrected chi connectivity index (χ1v) is 11.0. The van der Waals surface area contributed by atoms with Crippen molar-refractivity contribution in [1.29, 1.82) is 0 Å². The molecule has 4 rings (SSSR count). The lowest BCUT2D eigenvalue weighted by atomic mass is 10.1. The summed E-state index contributed by atoms with van der Waals surface area (Å²) in [4.78, 5) is 28.8. The number of methoxy groups -OCH3 is 1. The number of amides is 1. The maximum Gasteiger partial charge on any atom is 0.338 e. The van der Waals surface area contributed by atoms with E-state index in [1.165, 1.54) is 6.07 Å².